The number of hydrogen-bond donors (Lipinski definition) is 1. The minimum Gasteiger partial charge on any atom is -0.300 e. The molecule has 6 atom stereocenters. The lowest BCUT2D eigenvalue weighted by Crippen LogP contribution is -2.58. The molecule has 2 unspecified atom stereocenters. The van der Waals surface area contributed by atoms with Crippen LogP contribution in [-0.4, -0.2) is 50.1 Å². The van der Waals surface area contributed by atoms with Gasteiger partial charge >= 0.3 is 6.03 Å². The van der Waals surface area contributed by atoms with Gasteiger partial charge in [-0.15, -0.1) is 0 Å². The minimum atomic E-state index is -1.18. The fraction of sp³-hybridized carbons (Fsp3) is 0.667. The second kappa shape index (κ2) is 8.90. The molecule has 202 valence electrons. The van der Waals surface area contributed by atoms with Gasteiger partial charge in [-0.05, 0) is 82.8 Å². The predicted molar refractivity (Wildman–Crippen MR) is 146 cm³/mol. The van der Waals surface area contributed by atoms with Gasteiger partial charge in [0.05, 0.1) is 11.0 Å². The lowest BCUT2D eigenvalue weighted by molar-refractivity contribution is -0.122. The van der Waals surface area contributed by atoms with Crippen LogP contribution in [0.25, 0.3) is 11.0 Å². The summed E-state index contributed by atoms with van der Waals surface area (Å²) in [5.41, 5.74) is 0.0411. The molecule has 1 aromatic carbocycles. The van der Waals surface area contributed by atoms with E-state index >= 15 is 0 Å². The second-order valence-electron chi connectivity index (χ2n) is 13.1. The van der Waals surface area contributed by atoms with Crippen LogP contribution in [0, 0.1) is 11.8 Å². The first-order chi connectivity index (χ1) is 18.3. The van der Waals surface area contributed by atoms with E-state index in [9.17, 15) is 14.4 Å². The first-order valence-corrected chi connectivity index (χ1v) is 14.8. The maximum absolute atomic E-state index is 14.2. The summed E-state index contributed by atoms with van der Waals surface area (Å²) in [6, 6.07) is 8.87. The topological polar surface area (TPSA) is 87.5 Å². The predicted octanol–water partition coefficient (Wildman–Crippen LogP) is 4.76. The summed E-state index contributed by atoms with van der Waals surface area (Å²) in [6.07, 6.45) is 13.9. The summed E-state index contributed by atoms with van der Waals surface area (Å²) in [6.45, 7) is 3.33. The summed E-state index contributed by atoms with van der Waals surface area (Å²) in [5, 5.41) is 2.37. The highest BCUT2D eigenvalue weighted by Gasteiger charge is 2.49. The van der Waals surface area contributed by atoms with Crippen molar-refractivity contribution >= 4 is 28.8 Å². The maximum Gasteiger partial charge on any atom is 0.330 e. The van der Waals surface area contributed by atoms with Crippen LogP contribution >= 0.6 is 0 Å². The first kappa shape index (κ1) is 24.3. The van der Waals surface area contributed by atoms with Crippen LogP contribution < -0.4 is 15.8 Å². The number of para-hydroxylation sites is 2. The second-order valence-corrected chi connectivity index (χ2v) is 13.1. The molecule has 3 amide bonds. The summed E-state index contributed by atoms with van der Waals surface area (Å²) >= 11 is 0. The van der Waals surface area contributed by atoms with Crippen LogP contribution in [0.5, 0.6) is 0 Å². The van der Waals surface area contributed by atoms with Crippen LogP contribution in [0.15, 0.2) is 29.1 Å². The Morgan fingerprint density at radius 1 is 0.816 bits per heavy atom. The third-order valence-corrected chi connectivity index (χ3v) is 10.4. The van der Waals surface area contributed by atoms with Gasteiger partial charge in [-0.25, -0.2) is 9.78 Å². The van der Waals surface area contributed by atoms with E-state index in [1.165, 1.54) is 62.7 Å². The van der Waals surface area contributed by atoms with E-state index in [2.05, 4.69) is 15.2 Å². The quantitative estimate of drug-likeness (QED) is 0.594. The zero-order valence-electron chi connectivity index (χ0n) is 22.6. The molecule has 1 N–H and O–H groups in total. The highest BCUT2D eigenvalue weighted by Crippen LogP contribution is 2.47. The number of nitrogens with one attached hydrogen (secondary N) is 1. The number of carbonyl (C=O) groups is 2. The van der Waals surface area contributed by atoms with Crippen molar-refractivity contribution in [1.82, 2.24) is 19.8 Å². The van der Waals surface area contributed by atoms with Crippen LogP contribution in [0.4, 0.5) is 10.6 Å². The zero-order chi connectivity index (χ0) is 26.2. The molecule has 4 heterocycles. The van der Waals surface area contributed by atoms with Gasteiger partial charge in [0, 0.05) is 24.2 Å². The Kier molecular flexibility index (Phi) is 5.69. The third kappa shape index (κ3) is 3.74. The molecule has 2 aliphatic carbocycles. The first-order valence-electron chi connectivity index (χ1n) is 14.8. The Bertz CT molecular complexity index is 1330. The number of rotatable bonds is 3. The Morgan fingerprint density at radius 3 is 2.13 bits per heavy atom. The number of nitrogens with zero attached hydrogens (tertiary/aromatic N) is 4. The molecule has 3 saturated heterocycles. The van der Waals surface area contributed by atoms with Gasteiger partial charge in [0.1, 0.15) is 5.54 Å². The molecule has 0 spiro atoms. The van der Waals surface area contributed by atoms with E-state index in [0.29, 0.717) is 23.6 Å². The molecule has 2 aromatic rings. The fourth-order valence-electron chi connectivity index (χ4n) is 8.81. The Hall–Kier alpha value is -2.74. The van der Waals surface area contributed by atoms with Crippen LogP contribution in [0.1, 0.15) is 90.5 Å². The molecular formula is C30H39N5O3. The monoisotopic (exact) mass is 517 g/mol. The lowest BCUT2D eigenvalue weighted by atomic mass is 9.68. The van der Waals surface area contributed by atoms with Gasteiger partial charge in [-0.2, -0.15) is 0 Å². The molecule has 0 radical (unpaired) electrons. The van der Waals surface area contributed by atoms with Crippen LogP contribution in [-0.2, 0) is 4.79 Å². The molecule has 7 rings (SSSR count). The number of fused-ring (bicyclic) bond motifs is 5. The van der Waals surface area contributed by atoms with E-state index in [1.807, 2.05) is 28.8 Å². The smallest absolute Gasteiger partial charge is 0.300 e. The van der Waals surface area contributed by atoms with Crippen molar-refractivity contribution in [2.24, 2.45) is 11.8 Å². The van der Waals surface area contributed by atoms with Gasteiger partial charge in [0.2, 0.25) is 5.82 Å². The molecule has 3 aliphatic heterocycles. The van der Waals surface area contributed by atoms with Crippen molar-refractivity contribution in [3.8, 4) is 0 Å². The maximum atomic E-state index is 14.2. The van der Waals surface area contributed by atoms with Crippen LogP contribution in [0.3, 0.4) is 0 Å². The van der Waals surface area contributed by atoms with Gasteiger partial charge in [0.15, 0.2) is 0 Å². The van der Waals surface area contributed by atoms with Crippen molar-refractivity contribution in [1.29, 1.82) is 0 Å². The van der Waals surface area contributed by atoms with E-state index < -0.39 is 17.5 Å². The molecular weight excluding hydrogens is 478 g/mol. The Morgan fingerprint density at radius 2 is 1.47 bits per heavy atom. The molecule has 4 bridgehead atoms. The molecule has 2 saturated carbocycles. The van der Waals surface area contributed by atoms with E-state index in [4.69, 9.17) is 0 Å². The van der Waals surface area contributed by atoms with E-state index in [-0.39, 0.29) is 17.4 Å². The largest absolute Gasteiger partial charge is 0.330 e. The number of amides is 3. The average molecular weight is 518 g/mol. The van der Waals surface area contributed by atoms with Crippen molar-refractivity contribution in [2.45, 2.75) is 114 Å². The number of imide groups is 1. The van der Waals surface area contributed by atoms with Crippen molar-refractivity contribution in [2.75, 3.05) is 4.90 Å². The Balaban J connectivity index is 1.27. The lowest BCUT2D eigenvalue weighted by Gasteiger charge is -2.55. The number of benzene rings is 1. The normalized spacial score (nSPS) is 34.9. The van der Waals surface area contributed by atoms with Gasteiger partial charge in [-0.1, -0.05) is 37.8 Å². The van der Waals surface area contributed by atoms with Gasteiger partial charge in [0.25, 0.3) is 11.5 Å². The van der Waals surface area contributed by atoms with Crippen molar-refractivity contribution < 1.29 is 9.59 Å². The summed E-state index contributed by atoms with van der Waals surface area (Å²) in [4.78, 5) is 48.4. The number of piperidine rings is 2. The van der Waals surface area contributed by atoms with Gasteiger partial charge < -0.3 is 4.57 Å². The highest BCUT2D eigenvalue weighted by molar-refractivity contribution is 6.16. The fourth-order valence-corrected chi connectivity index (χ4v) is 8.81. The van der Waals surface area contributed by atoms with Crippen LogP contribution in [0.2, 0.25) is 0 Å². The van der Waals surface area contributed by atoms with E-state index in [1.54, 1.807) is 13.8 Å². The SMILES string of the molecule is CC1(C)C(=O)NC(=O)N1c1nc2ccccc2n(C2C[C@H]3CCC[C@@H](C2)N3C2C[C@H]3CCC[C@@H](C2)C3)c1=O. The van der Waals surface area contributed by atoms with E-state index in [0.717, 1.165) is 30.2 Å². The number of anilines is 1. The number of urea groups is 1. The standard InChI is InChI=1S/C30H39N5O3/c1-30(2)28(37)32-29(38)35(30)26-27(36)34(25-12-4-3-11-24(25)31-26)23-16-20-9-6-10-21(17-23)33(20)22-14-18-7-5-8-19(13-18)15-22/h3-4,11-12,18-23H,5-10,13-17H2,1-2H3,(H,32,37,38)/t18-,19+,20-,21+,22?,23?. The van der Waals surface area contributed by atoms with Crippen molar-refractivity contribution in [3.05, 3.63) is 34.6 Å². The Labute approximate surface area is 223 Å². The minimum absolute atomic E-state index is 0.0461. The molecule has 8 heteroatoms. The number of hydrogen-bond acceptors (Lipinski definition) is 5. The summed E-state index contributed by atoms with van der Waals surface area (Å²) in [7, 11) is 0. The van der Waals surface area contributed by atoms with Crippen molar-refractivity contribution in [3.63, 3.8) is 0 Å². The third-order valence-electron chi connectivity index (χ3n) is 10.4. The van der Waals surface area contributed by atoms with Gasteiger partial charge in [-0.3, -0.25) is 24.7 Å². The summed E-state index contributed by atoms with van der Waals surface area (Å²) < 4.78 is 1.92. The number of carbonyl (C=O) groups excluding carboxylic acids is 2. The molecule has 5 fully saturated rings. The average Bonchev–Trinajstić information content (AvgIpc) is 3.08. The highest BCUT2D eigenvalue weighted by atomic mass is 16.2. The molecule has 8 nitrogen and oxygen atoms in total. The zero-order valence-corrected chi connectivity index (χ0v) is 22.6. The summed E-state index contributed by atoms with van der Waals surface area (Å²) in [5.74, 6) is 1.43. The number of aromatic nitrogens is 2. The molecule has 1 aromatic heterocycles. The molecule has 38 heavy (non-hydrogen) atoms. The molecule has 5 aliphatic rings.